The van der Waals surface area contributed by atoms with Crippen molar-refractivity contribution in [1.29, 1.82) is 0 Å². The molecule has 2 N–H and O–H groups in total. The van der Waals surface area contributed by atoms with Gasteiger partial charge in [0.2, 0.25) is 0 Å². The fourth-order valence-electron chi connectivity index (χ4n) is 1.35. The van der Waals surface area contributed by atoms with Gasteiger partial charge in [-0.3, -0.25) is 0 Å². The first-order valence-corrected chi connectivity index (χ1v) is 6.20. The van der Waals surface area contributed by atoms with E-state index in [9.17, 15) is 9.59 Å². The van der Waals surface area contributed by atoms with Gasteiger partial charge in [0.25, 0.3) is 0 Å². The molecule has 1 aromatic rings. The predicted molar refractivity (Wildman–Crippen MR) is 74.2 cm³/mol. The molecule has 1 atom stereocenters. The van der Waals surface area contributed by atoms with Crippen molar-refractivity contribution in [2.75, 3.05) is 12.4 Å². The maximum Gasteiger partial charge on any atom is 0.337 e. The number of methoxy groups -OCH3 is 1. The normalized spacial score (nSPS) is 11.8. The summed E-state index contributed by atoms with van der Waals surface area (Å²) in [5.41, 5.74) is 1.07. The molecular formula is C14H20N2O3. The molecule has 0 aliphatic rings. The van der Waals surface area contributed by atoms with Crippen LogP contribution in [0.15, 0.2) is 24.3 Å². The van der Waals surface area contributed by atoms with Gasteiger partial charge < -0.3 is 15.4 Å². The minimum absolute atomic E-state index is 0.0920. The van der Waals surface area contributed by atoms with Crippen molar-refractivity contribution in [2.45, 2.75) is 26.8 Å². The first-order chi connectivity index (χ1) is 8.93. The topological polar surface area (TPSA) is 67.4 Å². The second-order valence-electron chi connectivity index (χ2n) is 4.70. The first-order valence-electron chi connectivity index (χ1n) is 6.20. The minimum Gasteiger partial charge on any atom is -0.465 e. The van der Waals surface area contributed by atoms with E-state index in [1.807, 2.05) is 20.8 Å². The van der Waals surface area contributed by atoms with Crippen LogP contribution >= 0.6 is 0 Å². The molecule has 0 aromatic heterocycles. The maximum atomic E-state index is 11.7. The highest BCUT2D eigenvalue weighted by Gasteiger charge is 2.11. The molecule has 0 saturated carbocycles. The predicted octanol–water partition coefficient (Wildman–Crippen LogP) is 2.64. The van der Waals surface area contributed by atoms with Gasteiger partial charge in [0.15, 0.2) is 0 Å². The Labute approximate surface area is 113 Å². The van der Waals surface area contributed by atoms with E-state index in [1.54, 1.807) is 24.3 Å². The molecule has 19 heavy (non-hydrogen) atoms. The highest BCUT2D eigenvalue weighted by Crippen LogP contribution is 2.10. The highest BCUT2D eigenvalue weighted by atomic mass is 16.5. The second kappa shape index (κ2) is 6.78. The van der Waals surface area contributed by atoms with Crippen LogP contribution in [-0.4, -0.2) is 25.2 Å². The summed E-state index contributed by atoms with van der Waals surface area (Å²) >= 11 is 0. The van der Waals surface area contributed by atoms with E-state index in [2.05, 4.69) is 15.4 Å². The summed E-state index contributed by atoms with van der Waals surface area (Å²) in [6.07, 6.45) is 0. The second-order valence-corrected chi connectivity index (χ2v) is 4.70. The number of rotatable bonds is 4. The molecule has 5 nitrogen and oxygen atoms in total. The van der Waals surface area contributed by atoms with Crippen molar-refractivity contribution < 1.29 is 14.3 Å². The zero-order chi connectivity index (χ0) is 14.4. The summed E-state index contributed by atoms with van der Waals surface area (Å²) in [6.45, 7) is 6.02. The lowest BCUT2D eigenvalue weighted by atomic mass is 10.1. The van der Waals surface area contributed by atoms with Gasteiger partial charge in [-0.1, -0.05) is 13.8 Å². The number of hydrogen-bond donors (Lipinski definition) is 2. The smallest absolute Gasteiger partial charge is 0.337 e. The number of ether oxygens (including phenoxy) is 1. The zero-order valence-corrected chi connectivity index (χ0v) is 11.7. The lowest BCUT2D eigenvalue weighted by molar-refractivity contribution is 0.0601. The number of carbonyl (C=O) groups excluding carboxylic acids is 2. The van der Waals surface area contributed by atoms with E-state index >= 15 is 0 Å². The van der Waals surface area contributed by atoms with Gasteiger partial charge in [-0.25, -0.2) is 9.59 Å². The Morgan fingerprint density at radius 3 is 2.16 bits per heavy atom. The van der Waals surface area contributed by atoms with Crippen molar-refractivity contribution in [1.82, 2.24) is 5.32 Å². The fraction of sp³-hybridized carbons (Fsp3) is 0.429. The van der Waals surface area contributed by atoms with Crippen molar-refractivity contribution in [3.05, 3.63) is 29.8 Å². The molecule has 0 aliphatic carbocycles. The van der Waals surface area contributed by atoms with Crippen LogP contribution in [0.5, 0.6) is 0 Å². The SMILES string of the molecule is COC(=O)c1ccc(NC(=O)N[C@@H](C)C(C)C)cc1. The van der Waals surface area contributed by atoms with Crippen LogP contribution in [0.25, 0.3) is 0 Å². The van der Waals surface area contributed by atoms with E-state index in [-0.39, 0.29) is 12.1 Å². The number of hydrogen-bond acceptors (Lipinski definition) is 3. The van der Waals surface area contributed by atoms with Gasteiger partial charge in [0.1, 0.15) is 0 Å². The number of anilines is 1. The Hall–Kier alpha value is -2.04. The Kier molecular flexibility index (Phi) is 5.36. The summed E-state index contributed by atoms with van der Waals surface area (Å²) in [6, 6.07) is 6.36. The van der Waals surface area contributed by atoms with Gasteiger partial charge in [0, 0.05) is 11.7 Å². The lowest BCUT2D eigenvalue weighted by Crippen LogP contribution is -2.38. The number of urea groups is 1. The van der Waals surface area contributed by atoms with Crippen molar-refractivity contribution in [3.63, 3.8) is 0 Å². The quantitative estimate of drug-likeness (QED) is 0.821. The van der Waals surface area contributed by atoms with Gasteiger partial charge in [-0.15, -0.1) is 0 Å². The first kappa shape index (κ1) is 15.0. The van der Waals surface area contributed by atoms with Crippen LogP contribution in [-0.2, 0) is 4.74 Å². The molecule has 104 valence electrons. The van der Waals surface area contributed by atoms with Crippen LogP contribution in [0.4, 0.5) is 10.5 Å². The molecule has 0 spiro atoms. The van der Waals surface area contributed by atoms with Crippen molar-refractivity contribution >= 4 is 17.7 Å². The van der Waals surface area contributed by atoms with E-state index in [0.29, 0.717) is 17.2 Å². The maximum absolute atomic E-state index is 11.7. The molecule has 1 aromatic carbocycles. The Bertz CT molecular complexity index is 441. The molecule has 0 saturated heterocycles. The molecule has 1 rings (SSSR count). The highest BCUT2D eigenvalue weighted by molar-refractivity contribution is 5.92. The summed E-state index contributed by atoms with van der Waals surface area (Å²) < 4.78 is 4.60. The number of benzene rings is 1. The van der Waals surface area contributed by atoms with Crippen molar-refractivity contribution in [2.24, 2.45) is 5.92 Å². The van der Waals surface area contributed by atoms with Crippen molar-refractivity contribution in [3.8, 4) is 0 Å². The molecule has 0 radical (unpaired) electrons. The van der Waals surface area contributed by atoms with Crippen LogP contribution in [0.1, 0.15) is 31.1 Å². The number of amides is 2. The summed E-state index contributed by atoms with van der Waals surface area (Å²) in [5.74, 6) is -0.0307. The molecule has 0 unspecified atom stereocenters. The third-order valence-electron chi connectivity index (χ3n) is 2.92. The molecule has 0 aliphatic heterocycles. The molecular weight excluding hydrogens is 244 g/mol. The number of nitrogens with one attached hydrogen (secondary N) is 2. The molecule has 0 heterocycles. The zero-order valence-electron chi connectivity index (χ0n) is 11.7. The number of carbonyl (C=O) groups is 2. The third-order valence-corrected chi connectivity index (χ3v) is 2.92. The monoisotopic (exact) mass is 264 g/mol. The van der Waals surface area contributed by atoms with E-state index in [1.165, 1.54) is 7.11 Å². The number of esters is 1. The van der Waals surface area contributed by atoms with E-state index in [4.69, 9.17) is 0 Å². The van der Waals surface area contributed by atoms with Crippen LogP contribution in [0.3, 0.4) is 0 Å². The van der Waals surface area contributed by atoms with Crippen LogP contribution in [0.2, 0.25) is 0 Å². The average molecular weight is 264 g/mol. The van der Waals surface area contributed by atoms with E-state index < -0.39 is 5.97 Å². The average Bonchev–Trinajstić information content (AvgIpc) is 2.38. The Morgan fingerprint density at radius 2 is 1.68 bits per heavy atom. The minimum atomic E-state index is -0.399. The summed E-state index contributed by atoms with van der Waals surface area (Å²) in [7, 11) is 1.33. The third kappa shape index (κ3) is 4.62. The standard InChI is InChI=1S/C14H20N2O3/c1-9(2)10(3)15-14(18)16-12-7-5-11(6-8-12)13(17)19-4/h5-10H,1-4H3,(H2,15,16,18)/t10-/m0/s1. The van der Waals surface area contributed by atoms with Crippen LogP contribution < -0.4 is 10.6 Å². The van der Waals surface area contributed by atoms with Gasteiger partial charge >= 0.3 is 12.0 Å². The lowest BCUT2D eigenvalue weighted by Gasteiger charge is -2.17. The van der Waals surface area contributed by atoms with Crippen LogP contribution in [0, 0.1) is 5.92 Å². The van der Waals surface area contributed by atoms with E-state index in [0.717, 1.165) is 0 Å². The Morgan fingerprint density at radius 1 is 1.11 bits per heavy atom. The van der Waals surface area contributed by atoms with Gasteiger partial charge in [-0.2, -0.15) is 0 Å². The summed E-state index contributed by atoms with van der Waals surface area (Å²) in [4.78, 5) is 22.9. The van der Waals surface area contributed by atoms with Gasteiger partial charge in [-0.05, 0) is 37.1 Å². The molecule has 2 amide bonds. The fourth-order valence-corrected chi connectivity index (χ4v) is 1.35. The van der Waals surface area contributed by atoms with Gasteiger partial charge in [0.05, 0.1) is 12.7 Å². The largest absolute Gasteiger partial charge is 0.465 e. The summed E-state index contributed by atoms with van der Waals surface area (Å²) in [5, 5.41) is 5.54. The molecule has 5 heteroatoms. The molecule has 0 bridgehead atoms. The molecule has 0 fully saturated rings. The Balaban J connectivity index is 2.58.